The average Bonchev–Trinajstić information content (AvgIpc) is 2.39. The Kier molecular flexibility index (Phi) is 5.35. The molecule has 110 valence electrons. The average molecular weight is 313 g/mol. The summed E-state index contributed by atoms with van der Waals surface area (Å²) in [5.74, 6) is 2.21. The van der Waals surface area contributed by atoms with Crippen LogP contribution in [0.2, 0.25) is 5.02 Å². The van der Waals surface area contributed by atoms with E-state index in [4.69, 9.17) is 11.6 Å². The zero-order valence-electron chi connectivity index (χ0n) is 11.9. The highest BCUT2D eigenvalue weighted by atomic mass is 35.5. The number of carbonyl (C=O) groups excluding carboxylic acids is 1. The molecule has 1 amide bonds. The van der Waals surface area contributed by atoms with Crippen molar-refractivity contribution in [2.24, 2.45) is 0 Å². The van der Waals surface area contributed by atoms with Gasteiger partial charge in [-0.2, -0.15) is 11.8 Å². The van der Waals surface area contributed by atoms with Gasteiger partial charge < -0.3 is 10.6 Å². The van der Waals surface area contributed by atoms with Crippen LogP contribution in [0.3, 0.4) is 0 Å². The summed E-state index contributed by atoms with van der Waals surface area (Å²) < 4.78 is 0. The molecule has 0 aromatic heterocycles. The molecular weight excluding hydrogens is 292 g/mol. The van der Waals surface area contributed by atoms with E-state index < -0.39 is 5.54 Å². The van der Waals surface area contributed by atoms with Crippen LogP contribution >= 0.6 is 23.4 Å². The smallest absolute Gasteiger partial charge is 0.222 e. The van der Waals surface area contributed by atoms with Crippen molar-refractivity contribution in [3.63, 3.8) is 0 Å². The Morgan fingerprint density at radius 3 is 3.00 bits per heavy atom. The van der Waals surface area contributed by atoms with Crippen molar-refractivity contribution in [1.29, 1.82) is 0 Å². The summed E-state index contributed by atoms with van der Waals surface area (Å²) in [5.41, 5.74) is 0.605. The minimum atomic E-state index is -0.413. The summed E-state index contributed by atoms with van der Waals surface area (Å²) in [6.07, 6.45) is 0.525. The summed E-state index contributed by atoms with van der Waals surface area (Å²) in [6, 6.07) is 7.91. The molecule has 0 saturated carbocycles. The molecule has 1 heterocycles. The minimum absolute atomic E-state index is 0.0787. The highest BCUT2D eigenvalue weighted by Gasteiger charge is 2.25. The van der Waals surface area contributed by atoms with Crippen molar-refractivity contribution in [2.75, 3.05) is 18.1 Å². The largest absolute Gasteiger partial charge is 0.347 e. The fourth-order valence-electron chi connectivity index (χ4n) is 2.32. The molecular formula is C15H21ClN2OS. The van der Waals surface area contributed by atoms with Gasteiger partial charge in [-0.15, -0.1) is 0 Å². The van der Waals surface area contributed by atoms with Crippen LogP contribution in [0.25, 0.3) is 0 Å². The lowest BCUT2D eigenvalue weighted by atomic mass is 9.94. The fraction of sp³-hybridized carbons (Fsp3) is 0.533. The summed E-state index contributed by atoms with van der Waals surface area (Å²) in [7, 11) is 0. The molecule has 1 aliphatic rings. The molecule has 0 bridgehead atoms. The van der Waals surface area contributed by atoms with E-state index in [9.17, 15) is 4.79 Å². The Morgan fingerprint density at radius 2 is 2.35 bits per heavy atom. The van der Waals surface area contributed by atoms with Gasteiger partial charge in [-0.1, -0.05) is 23.7 Å². The van der Waals surface area contributed by atoms with Gasteiger partial charge in [0.25, 0.3) is 0 Å². The molecule has 2 N–H and O–H groups in total. The van der Waals surface area contributed by atoms with Gasteiger partial charge in [0, 0.05) is 35.5 Å². The molecule has 1 fully saturated rings. The third-order valence-corrected chi connectivity index (χ3v) is 4.79. The standard InChI is InChI=1S/C15H21ClN2OS/c1-15(2,11-4-3-5-12(16)8-11)18-14(19)9-13-10-20-7-6-17-13/h3-5,8,13,17H,6-7,9-10H2,1-2H3,(H,18,19). The van der Waals surface area contributed by atoms with Crippen molar-refractivity contribution < 1.29 is 4.79 Å². The van der Waals surface area contributed by atoms with E-state index in [1.165, 1.54) is 0 Å². The molecule has 1 aromatic carbocycles. The Balaban J connectivity index is 1.94. The van der Waals surface area contributed by atoms with Crippen molar-refractivity contribution in [1.82, 2.24) is 10.6 Å². The monoisotopic (exact) mass is 312 g/mol. The van der Waals surface area contributed by atoms with E-state index in [2.05, 4.69) is 10.6 Å². The molecule has 0 spiro atoms. The van der Waals surface area contributed by atoms with E-state index in [1.807, 2.05) is 49.9 Å². The van der Waals surface area contributed by atoms with Crippen molar-refractivity contribution >= 4 is 29.3 Å². The molecule has 2 rings (SSSR count). The SMILES string of the molecule is CC(C)(NC(=O)CC1CSCCN1)c1cccc(Cl)c1. The lowest BCUT2D eigenvalue weighted by Crippen LogP contribution is -2.46. The molecule has 1 saturated heterocycles. The highest BCUT2D eigenvalue weighted by molar-refractivity contribution is 7.99. The Hall–Kier alpha value is -0.710. The predicted molar refractivity (Wildman–Crippen MR) is 86.4 cm³/mol. The van der Waals surface area contributed by atoms with Crippen LogP contribution in [0.4, 0.5) is 0 Å². The molecule has 1 aliphatic heterocycles. The van der Waals surface area contributed by atoms with E-state index in [-0.39, 0.29) is 11.9 Å². The van der Waals surface area contributed by atoms with Crippen molar-refractivity contribution in [3.05, 3.63) is 34.9 Å². The quantitative estimate of drug-likeness (QED) is 0.898. The van der Waals surface area contributed by atoms with Gasteiger partial charge in [0.1, 0.15) is 0 Å². The van der Waals surface area contributed by atoms with Crippen molar-refractivity contribution in [3.8, 4) is 0 Å². The topological polar surface area (TPSA) is 41.1 Å². The number of thioether (sulfide) groups is 1. The number of carbonyl (C=O) groups is 1. The van der Waals surface area contributed by atoms with Gasteiger partial charge >= 0.3 is 0 Å². The molecule has 20 heavy (non-hydrogen) atoms. The number of nitrogens with one attached hydrogen (secondary N) is 2. The van der Waals surface area contributed by atoms with Crippen molar-refractivity contribution in [2.45, 2.75) is 31.8 Å². The second-order valence-electron chi connectivity index (χ2n) is 5.61. The van der Waals surface area contributed by atoms with Crippen LogP contribution in [-0.4, -0.2) is 30.0 Å². The van der Waals surface area contributed by atoms with Crippen LogP contribution in [-0.2, 0) is 10.3 Å². The van der Waals surface area contributed by atoms with Crippen LogP contribution < -0.4 is 10.6 Å². The number of amides is 1. The maximum Gasteiger partial charge on any atom is 0.222 e. The zero-order chi connectivity index (χ0) is 14.6. The molecule has 1 unspecified atom stereocenters. The zero-order valence-corrected chi connectivity index (χ0v) is 13.5. The first kappa shape index (κ1) is 15.7. The summed E-state index contributed by atoms with van der Waals surface area (Å²) in [6.45, 7) is 4.99. The summed E-state index contributed by atoms with van der Waals surface area (Å²) >= 11 is 7.92. The molecule has 1 aromatic rings. The summed E-state index contributed by atoms with van der Waals surface area (Å²) in [4.78, 5) is 12.2. The lowest BCUT2D eigenvalue weighted by Gasteiger charge is -2.29. The third kappa shape index (κ3) is 4.40. The maximum absolute atomic E-state index is 12.2. The second kappa shape index (κ2) is 6.83. The fourth-order valence-corrected chi connectivity index (χ4v) is 3.46. The maximum atomic E-state index is 12.2. The van der Waals surface area contributed by atoms with E-state index in [0.717, 1.165) is 23.6 Å². The lowest BCUT2D eigenvalue weighted by molar-refractivity contribution is -0.123. The number of benzene rings is 1. The normalized spacial score (nSPS) is 19.6. The number of halogens is 1. The predicted octanol–water partition coefficient (Wildman–Crippen LogP) is 2.79. The number of hydrogen-bond donors (Lipinski definition) is 2. The summed E-state index contributed by atoms with van der Waals surface area (Å²) in [5, 5.41) is 7.17. The van der Waals surface area contributed by atoms with Gasteiger partial charge in [-0.05, 0) is 31.5 Å². The van der Waals surface area contributed by atoms with E-state index >= 15 is 0 Å². The highest BCUT2D eigenvalue weighted by Crippen LogP contribution is 2.23. The van der Waals surface area contributed by atoms with Gasteiger partial charge in [-0.3, -0.25) is 4.79 Å². The minimum Gasteiger partial charge on any atom is -0.347 e. The number of rotatable bonds is 4. The first-order valence-electron chi connectivity index (χ1n) is 6.85. The Morgan fingerprint density at radius 1 is 1.55 bits per heavy atom. The third-order valence-electron chi connectivity index (χ3n) is 3.43. The van der Waals surface area contributed by atoms with Gasteiger partial charge in [0.15, 0.2) is 0 Å². The molecule has 0 radical (unpaired) electrons. The molecule has 5 heteroatoms. The van der Waals surface area contributed by atoms with Crippen LogP contribution in [0.15, 0.2) is 24.3 Å². The van der Waals surface area contributed by atoms with Crippen LogP contribution in [0, 0.1) is 0 Å². The second-order valence-corrected chi connectivity index (χ2v) is 7.20. The Bertz CT molecular complexity index is 473. The van der Waals surface area contributed by atoms with Gasteiger partial charge in [0.2, 0.25) is 5.91 Å². The van der Waals surface area contributed by atoms with E-state index in [0.29, 0.717) is 11.4 Å². The first-order chi connectivity index (χ1) is 9.47. The van der Waals surface area contributed by atoms with E-state index in [1.54, 1.807) is 0 Å². The molecule has 1 atom stereocenters. The molecule has 0 aliphatic carbocycles. The van der Waals surface area contributed by atoms with Gasteiger partial charge in [0.05, 0.1) is 5.54 Å². The van der Waals surface area contributed by atoms with Crippen LogP contribution in [0.5, 0.6) is 0 Å². The van der Waals surface area contributed by atoms with Crippen LogP contribution in [0.1, 0.15) is 25.8 Å². The Labute approximate surface area is 129 Å². The molecule has 3 nitrogen and oxygen atoms in total. The first-order valence-corrected chi connectivity index (χ1v) is 8.39. The van der Waals surface area contributed by atoms with Gasteiger partial charge in [-0.25, -0.2) is 0 Å². The number of hydrogen-bond acceptors (Lipinski definition) is 3.